The summed E-state index contributed by atoms with van der Waals surface area (Å²) in [7, 11) is -1.92. The molecule has 0 spiro atoms. The van der Waals surface area contributed by atoms with Gasteiger partial charge in [-0.3, -0.25) is 19.2 Å². The fourth-order valence-electron chi connectivity index (χ4n) is 5.70. The SMILES string of the molecule is Cn1nc(NS(C)(=O)=O)c2cccc(-c3cc4[nH]c(-c5ccccc5)cc4nc3[C@H](CC(N)=O)Cc3cc(F)cc(F)c3)c21. The maximum Gasteiger partial charge on any atom is 0.231 e. The number of aryl methyl sites for hydroxylation is 1. The lowest BCUT2D eigenvalue weighted by molar-refractivity contribution is -0.118. The van der Waals surface area contributed by atoms with Crippen LogP contribution in [0, 0.1) is 11.6 Å². The van der Waals surface area contributed by atoms with Crippen molar-refractivity contribution in [3.63, 3.8) is 0 Å². The van der Waals surface area contributed by atoms with E-state index in [1.54, 1.807) is 23.9 Å². The molecule has 1 amide bonds. The first-order chi connectivity index (χ1) is 20.9. The maximum atomic E-state index is 14.2. The van der Waals surface area contributed by atoms with Crippen molar-refractivity contribution in [3.05, 3.63) is 102 Å². The Hall–Kier alpha value is -5.10. The number of nitrogens with two attached hydrogens (primary N) is 1. The van der Waals surface area contributed by atoms with Crippen molar-refractivity contribution in [1.82, 2.24) is 19.7 Å². The van der Waals surface area contributed by atoms with Crippen LogP contribution in [0.15, 0.2) is 78.9 Å². The summed E-state index contributed by atoms with van der Waals surface area (Å²) in [5, 5.41) is 4.97. The number of nitrogens with zero attached hydrogens (tertiary/aromatic N) is 3. The first-order valence-electron chi connectivity index (χ1n) is 13.7. The molecule has 6 aromatic rings. The molecule has 0 radical (unpaired) electrons. The lowest BCUT2D eigenvalue weighted by Gasteiger charge is -2.20. The van der Waals surface area contributed by atoms with E-state index in [9.17, 15) is 22.0 Å². The Bertz CT molecular complexity index is 2140. The number of halogens is 2. The Morgan fingerprint density at radius 3 is 2.41 bits per heavy atom. The number of para-hydroxylation sites is 1. The number of rotatable bonds is 9. The molecular weight excluding hydrogens is 586 g/mol. The zero-order valence-electron chi connectivity index (χ0n) is 23.8. The number of nitrogens with one attached hydrogen (secondary N) is 2. The standard InChI is InChI=1S/C32H28F2N6O3S/c1-40-31-23(9-6-10-24(31)32(38-40)39-44(2,42)43)25-16-27-28(17-26(36-27)19-7-4-3-5-8-19)37-30(25)20(14-29(35)41)11-18-12-21(33)15-22(34)13-18/h3-10,12-13,15-17,20,36H,11,14H2,1-2H3,(H2,35,41)(H,38,39)/t20-/m0/s1. The molecule has 0 fully saturated rings. The quantitative estimate of drug-likeness (QED) is 0.194. The van der Waals surface area contributed by atoms with E-state index in [1.165, 1.54) is 12.1 Å². The van der Waals surface area contributed by atoms with Crippen LogP contribution in [0.5, 0.6) is 0 Å². The first kappa shape index (κ1) is 29.0. The molecule has 3 heterocycles. The first-order valence-corrected chi connectivity index (χ1v) is 15.6. The number of aromatic nitrogens is 4. The van der Waals surface area contributed by atoms with Gasteiger partial charge < -0.3 is 10.7 Å². The van der Waals surface area contributed by atoms with Gasteiger partial charge in [-0.25, -0.2) is 17.2 Å². The lowest BCUT2D eigenvalue weighted by Crippen LogP contribution is -2.18. The number of hydrogen-bond acceptors (Lipinski definition) is 5. The molecule has 0 aliphatic rings. The zero-order chi connectivity index (χ0) is 31.2. The van der Waals surface area contributed by atoms with Gasteiger partial charge in [0.2, 0.25) is 15.9 Å². The number of carbonyl (C=O) groups excluding carboxylic acids is 1. The number of fused-ring (bicyclic) bond motifs is 2. The molecule has 0 saturated heterocycles. The molecule has 4 N–H and O–H groups in total. The molecule has 224 valence electrons. The molecule has 3 aromatic carbocycles. The number of aromatic amines is 1. The van der Waals surface area contributed by atoms with Crippen LogP contribution in [0.4, 0.5) is 14.6 Å². The molecule has 9 nitrogen and oxygen atoms in total. The zero-order valence-corrected chi connectivity index (χ0v) is 24.6. The number of primary amides is 1. The minimum absolute atomic E-state index is 0.0847. The van der Waals surface area contributed by atoms with Gasteiger partial charge in [0.15, 0.2) is 5.82 Å². The van der Waals surface area contributed by atoms with Crippen molar-refractivity contribution in [2.75, 3.05) is 11.0 Å². The van der Waals surface area contributed by atoms with Gasteiger partial charge in [0.25, 0.3) is 0 Å². The maximum absolute atomic E-state index is 14.2. The van der Waals surface area contributed by atoms with Crippen LogP contribution < -0.4 is 10.5 Å². The second-order valence-corrected chi connectivity index (χ2v) is 12.5. The highest BCUT2D eigenvalue weighted by atomic mass is 32.2. The van der Waals surface area contributed by atoms with E-state index < -0.39 is 33.5 Å². The van der Waals surface area contributed by atoms with E-state index in [-0.39, 0.29) is 18.7 Å². The average Bonchev–Trinajstić information content (AvgIpc) is 3.51. The summed E-state index contributed by atoms with van der Waals surface area (Å²) < 4.78 is 56.6. The van der Waals surface area contributed by atoms with Crippen molar-refractivity contribution in [1.29, 1.82) is 0 Å². The summed E-state index contributed by atoms with van der Waals surface area (Å²) in [6.45, 7) is 0. The Morgan fingerprint density at radius 2 is 1.73 bits per heavy atom. The third-order valence-electron chi connectivity index (χ3n) is 7.39. The summed E-state index contributed by atoms with van der Waals surface area (Å²) in [6.07, 6.45) is 0.996. The van der Waals surface area contributed by atoms with Gasteiger partial charge in [0.1, 0.15) is 11.6 Å². The summed E-state index contributed by atoms with van der Waals surface area (Å²) in [4.78, 5) is 20.8. The predicted octanol–water partition coefficient (Wildman–Crippen LogP) is 5.64. The molecule has 6 rings (SSSR count). The summed E-state index contributed by atoms with van der Waals surface area (Å²) >= 11 is 0. The number of hydrogen-bond donors (Lipinski definition) is 3. The number of benzene rings is 3. The van der Waals surface area contributed by atoms with Crippen molar-refractivity contribution >= 4 is 43.7 Å². The number of sulfonamides is 1. The summed E-state index contributed by atoms with van der Waals surface area (Å²) in [5.41, 5.74) is 11.6. The van der Waals surface area contributed by atoms with Crippen LogP contribution in [-0.4, -0.2) is 40.3 Å². The van der Waals surface area contributed by atoms with Gasteiger partial charge >= 0.3 is 0 Å². The highest BCUT2D eigenvalue weighted by Crippen LogP contribution is 2.40. The molecular formula is C32H28F2N6O3S. The van der Waals surface area contributed by atoms with E-state index in [4.69, 9.17) is 10.7 Å². The third-order valence-corrected chi connectivity index (χ3v) is 7.96. The average molecular weight is 615 g/mol. The van der Waals surface area contributed by atoms with Crippen LogP contribution in [0.25, 0.3) is 44.3 Å². The van der Waals surface area contributed by atoms with E-state index in [2.05, 4.69) is 14.8 Å². The van der Waals surface area contributed by atoms with Crippen molar-refractivity contribution in [2.24, 2.45) is 12.8 Å². The second-order valence-electron chi connectivity index (χ2n) is 10.8. The largest absolute Gasteiger partial charge is 0.370 e. The van der Waals surface area contributed by atoms with E-state index in [0.717, 1.165) is 23.6 Å². The molecule has 44 heavy (non-hydrogen) atoms. The molecule has 0 aliphatic heterocycles. The van der Waals surface area contributed by atoms with Crippen LogP contribution >= 0.6 is 0 Å². The normalized spacial score (nSPS) is 12.5. The molecule has 3 aromatic heterocycles. The van der Waals surface area contributed by atoms with Crippen molar-refractivity contribution < 1.29 is 22.0 Å². The van der Waals surface area contributed by atoms with Crippen LogP contribution in [0.1, 0.15) is 23.6 Å². The number of anilines is 1. The van der Waals surface area contributed by atoms with Gasteiger partial charge in [-0.15, -0.1) is 0 Å². The second kappa shape index (κ2) is 11.2. The Morgan fingerprint density at radius 1 is 1.00 bits per heavy atom. The van der Waals surface area contributed by atoms with Gasteiger partial charge in [-0.2, -0.15) is 5.10 Å². The fourth-order valence-corrected chi connectivity index (χ4v) is 6.20. The summed E-state index contributed by atoms with van der Waals surface area (Å²) in [6, 6.07) is 22.1. The number of carbonyl (C=O) groups is 1. The van der Waals surface area contributed by atoms with Gasteiger partial charge in [0.05, 0.1) is 28.5 Å². The van der Waals surface area contributed by atoms with Crippen LogP contribution in [0.2, 0.25) is 0 Å². The Balaban J connectivity index is 1.61. The van der Waals surface area contributed by atoms with Crippen LogP contribution in [-0.2, 0) is 28.3 Å². The van der Waals surface area contributed by atoms with Gasteiger partial charge in [0, 0.05) is 47.7 Å². The number of H-pyrrole nitrogens is 1. The summed E-state index contributed by atoms with van der Waals surface area (Å²) in [5.74, 6) is -2.55. The van der Waals surface area contributed by atoms with Gasteiger partial charge in [-0.05, 0) is 47.9 Å². The van der Waals surface area contributed by atoms with E-state index >= 15 is 0 Å². The number of pyridine rings is 1. The predicted molar refractivity (Wildman–Crippen MR) is 166 cm³/mol. The Labute approximate surface area is 251 Å². The monoisotopic (exact) mass is 614 g/mol. The lowest BCUT2D eigenvalue weighted by atomic mass is 9.87. The van der Waals surface area contributed by atoms with Crippen molar-refractivity contribution in [2.45, 2.75) is 18.8 Å². The third kappa shape index (κ3) is 5.88. The molecule has 0 bridgehead atoms. The fraction of sp³-hybridized carbons (Fsp3) is 0.156. The topological polar surface area (TPSA) is 136 Å². The van der Waals surface area contributed by atoms with Crippen LogP contribution in [0.3, 0.4) is 0 Å². The van der Waals surface area contributed by atoms with E-state index in [0.29, 0.717) is 44.3 Å². The smallest absolute Gasteiger partial charge is 0.231 e. The minimum Gasteiger partial charge on any atom is -0.370 e. The Kier molecular flexibility index (Phi) is 7.38. The minimum atomic E-state index is -3.62. The molecule has 0 saturated carbocycles. The molecule has 0 unspecified atom stereocenters. The molecule has 12 heteroatoms. The number of amides is 1. The van der Waals surface area contributed by atoms with Gasteiger partial charge in [-0.1, -0.05) is 42.5 Å². The van der Waals surface area contributed by atoms with E-state index in [1.807, 2.05) is 48.5 Å². The highest BCUT2D eigenvalue weighted by molar-refractivity contribution is 7.92. The van der Waals surface area contributed by atoms with Crippen molar-refractivity contribution in [3.8, 4) is 22.4 Å². The highest BCUT2D eigenvalue weighted by Gasteiger charge is 2.25. The molecule has 0 aliphatic carbocycles. The molecule has 1 atom stereocenters.